The second-order valence-electron chi connectivity index (χ2n) is 11.0. The van der Waals surface area contributed by atoms with Crippen molar-refractivity contribution in [2.24, 2.45) is 0 Å². The number of hydrogen-bond donors (Lipinski definition) is 2. The monoisotopic (exact) mass is 532 g/mol. The number of pyridine rings is 2. The molecule has 2 saturated heterocycles. The Hall–Kier alpha value is -3.50. The number of carbonyl (C=O) groups is 2. The molecule has 0 aromatic carbocycles. The molecular formula is C29H40N8O2. The van der Waals surface area contributed by atoms with Gasteiger partial charge in [-0.1, -0.05) is 6.07 Å². The minimum absolute atomic E-state index is 0.108. The predicted molar refractivity (Wildman–Crippen MR) is 154 cm³/mol. The van der Waals surface area contributed by atoms with Gasteiger partial charge in [-0.05, 0) is 52.1 Å². The van der Waals surface area contributed by atoms with Gasteiger partial charge in [0.05, 0.1) is 11.3 Å². The Morgan fingerprint density at radius 1 is 1.10 bits per heavy atom. The number of amides is 2. The van der Waals surface area contributed by atoms with E-state index in [4.69, 9.17) is 4.98 Å². The maximum Gasteiger partial charge on any atom is 0.252 e. The van der Waals surface area contributed by atoms with Gasteiger partial charge in [0.15, 0.2) is 0 Å². The lowest BCUT2D eigenvalue weighted by molar-refractivity contribution is -0.133. The summed E-state index contributed by atoms with van der Waals surface area (Å²) in [5.74, 6) is 0.881. The van der Waals surface area contributed by atoms with Gasteiger partial charge >= 0.3 is 0 Å². The van der Waals surface area contributed by atoms with Gasteiger partial charge in [-0.25, -0.2) is 9.97 Å². The third-order valence-corrected chi connectivity index (χ3v) is 7.94. The molecule has 2 amide bonds. The molecule has 2 atom stereocenters. The van der Waals surface area contributed by atoms with Gasteiger partial charge in [-0.2, -0.15) is 0 Å². The van der Waals surface area contributed by atoms with Crippen molar-refractivity contribution in [1.82, 2.24) is 35.0 Å². The van der Waals surface area contributed by atoms with E-state index >= 15 is 0 Å². The first-order valence-electron chi connectivity index (χ1n) is 14.0. The summed E-state index contributed by atoms with van der Waals surface area (Å²) in [6.45, 7) is 13.3. The van der Waals surface area contributed by atoms with Crippen LogP contribution in [0.4, 0.5) is 5.82 Å². The first kappa shape index (κ1) is 27.1. The van der Waals surface area contributed by atoms with Crippen molar-refractivity contribution in [2.45, 2.75) is 39.3 Å². The molecule has 5 heterocycles. The minimum atomic E-state index is -0.108. The van der Waals surface area contributed by atoms with Crippen molar-refractivity contribution in [1.29, 1.82) is 0 Å². The van der Waals surface area contributed by atoms with Crippen LogP contribution in [0.5, 0.6) is 0 Å². The fraction of sp³-hybridized carbons (Fsp3) is 0.517. The molecule has 2 aliphatic rings. The van der Waals surface area contributed by atoms with Crippen LogP contribution in [0.3, 0.4) is 0 Å². The summed E-state index contributed by atoms with van der Waals surface area (Å²) in [7, 11) is 2.16. The van der Waals surface area contributed by atoms with Crippen LogP contribution in [0.2, 0.25) is 0 Å². The van der Waals surface area contributed by atoms with Gasteiger partial charge in [0, 0.05) is 88.2 Å². The number of hydrogen-bond acceptors (Lipinski definition) is 7. The highest BCUT2D eigenvalue weighted by molar-refractivity contribution is 6.00. The molecule has 0 spiro atoms. The lowest BCUT2D eigenvalue weighted by atomic mass is 10.1. The Balaban J connectivity index is 1.26. The van der Waals surface area contributed by atoms with Crippen molar-refractivity contribution in [3.63, 3.8) is 0 Å². The summed E-state index contributed by atoms with van der Waals surface area (Å²) in [6, 6.07) is 8.12. The molecule has 0 unspecified atom stereocenters. The van der Waals surface area contributed by atoms with Crippen LogP contribution in [-0.4, -0.2) is 113 Å². The minimum Gasteiger partial charge on any atom is -0.352 e. The van der Waals surface area contributed by atoms with Crippen LogP contribution in [-0.2, 0) is 4.79 Å². The van der Waals surface area contributed by atoms with Crippen molar-refractivity contribution in [3.8, 4) is 11.3 Å². The van der Waals surface area contributed by atoms with Crippen LogP contribution in [0.25, 0.3) is 22.3 Å². The number of nitrogens with one attached hydrogen (secondary N) is 2. The number of likely N-dealkylation sites (N-methyl/N-ethyl adjacent to an activating group) is 1. The quantitative estimate of drug-likeness (QED) is 0.451. The molecular weight excluding hydrogens is 492 g/mol. The molecule has 3 aromatic rings. The Bertz CT molecular complexity index is 1300. The maximum absolute atomic E-state index is 12.9. The molecule has 208 valence electrons. The van der Waals surface area contributed by atoms with Crippen molar-refractivity contribution in [2.75, 3.05) is 64.3 Å². The first-order valence-corrected chi connectivity index (χ1v) is 14.0. The third kappa shape index (κ3) is 6.07. The Morgan fingerprint density at radius 2 is 1.85 bits per heavy atom. The number of nitrogens with zero attached hydrogens (tertiary/aromatic N) is 6. The van der Waals surface area contributed by atoms with Gasteiger partial charge < -0.3 is 29.9 Å². The SMILES string of the molecule is CC(=O)N1[C@H](C)CN(c2cccc(-c3c[nH]c4ncc(C(=O)NCCCN5CCN(C)CC5)cc34)n2)C[C@@H]1C. The van der Waals surface area contributed by atoms with Crippen LogP contribution in [0, 0.1) is 0 Å². The number of anilines is 1. The van der Waals surface area contributed by atoms with Gasteiger partial charge in [0.2, 0.25) is 5.91 Å². The van der Waals surface area contributed by atoms with E-state index in [2.05, 4.69) is 50.9 Å². The summed E-state index contributed by atoms with van der Waals surface area (Å²) in [6.07, 6.45) is 4.45. The topological polar surface area (TPSA) is 101 Å². The molecule has 0 radical (unpaired) electrons. The van der Waals surface area contributed by atoms with E-state index in [1.54, 1.807) is 13.1 Å². The standard InChI is InChI=1S/C29H40N8O2/c1-20-18-36(19-21(2)37(20)22(3)38)27-8-5-7-26(33-27)25-17-32-28-24(25)15-23(16-31-28)29(39)30-9-6-10-35-13-11-34(4)12-14-35/h5,7-8,15-17,20-21H,6,9-14,18-19H2,1-4H3,(H,30,39)(H,31,32)/t20-,21+. The summed E-state index contributed by atoms with van der Waals surface area (Å²) in [4.78, 5) is 46.7. The zero-order chi connectivity index (χ0) is 27.5. The molecule has 2 N–H and O–H groups in total. The zero-order valence-corrected chi connectivity index (χ0v) is 23.5. The molecule has 3 aromatic heterocycles. The number of aromatic amines is 1. The number of fused-ring (bicyclic) bond motifs is 1. The van der Waals surface area contributed by atoms with Crippen LogP contribution in [0.1, 0.15) is 37.6 Å². The normalized spacial score (nSPS) is 20.9. The molecule has 5 rings (SSSR count). The molecule has 0 bridgehead atoms. The van der Waals surface area contributed by atoms with E-state index in [-0.39, 0.29) is 23.9 Å². The van der Waals surface area contributed by atoms with Crippen molar-refractivity contribution < 1.29 is 9.59 Å². The van der Waals surface area contributed by atoms with E-state index in [1.807, 2.05) is 35.4 Å². The van der Waals surface area contributed by atoms with Gasteiger partial charge in [-0.15, -0.1) is 0 Å². The highest BCUT2D eigenvalue weighted by Crippen LogP contribution is 2.29. The van der Waals surface area contributed by atoms with E-state index < -0.39 is 0 Å². The molecule has 0 aliphatic carbocycles. The van der Waals surface area contributed by atoms with Crippen LogP contribution < -0.4 is 10.2 Å². The fourth-order valence-corrected chi connectivity index (χ4v) is 5.90. The first-order chi connectivity index (χ1) is 18.8. The molecule has 39 heavy (non-hydrogen) atoms. The smallest absolute Gasteiger partial charge is 0.252 e. The third-order valence-electron chi connectivity index (χ3n) is 7.94. The largest absolute Gasteiger partial charge is 0.352 e. The molecule has 10 nitrogen and oxygen atoms in total. The second-order valence-corrected chi connectivity index (χ2v) is 11.0. The summed E-state index contributed by atoms with van der Waals surface area (Å²) < 4.78 is 0. The van der Waals surface area contributed by atoms with Gasteiger partial charge in [0.25, 0.3) is 5.91 Å². The lowest BCUT2D eigenvalue weighted by Crippen LogP contribution is -2.58. The zero-order valence-electron chi connectivity index (χ0n) is 23.5. The molecule has 0 saturated carbocycles. The summed E-state index contributed by atoms with van der Waals surface area (Å²) in [5, 5.41) is 3.93. The van der Waals surface area contributed by atoms with Crippen molar-refractivity contribution >= 4 is 28.7 Å². The molecule has 2 fully saturated rings. The number of H-pyrrole nitrogens is 1. The van der Waals surface area contributed by atoms with E-state index in [0.29, 0.717) is 12.1 Å². The van der Waals surface area contributed by atoms with E-state index in [1.165, 1.54) is 0 Å². The Kier molecular flexibility index (Phi) is 8.13. The van der Waals surface area contributed by atoms with E-state index in [9.17, 15) is 9.59 Å². The molecule has 2 aliphatic heterocycles. The number of aromatic nitrogens is 3. The van der Waals surface area contributed by atoms with Crippen LogP contribution in [0.15, 0.2) is 36.7 Å². The highest BCUT2D eigenvalue weighted by atomic mass is 16.2. The maximum atomic E-state index is 12.9. The van der Waals surface area contributed by atoms with E-state index in [0.717, 1.165) is 80.3 Å². The Morgan fingerprint density at radius 3 is 2.56 bits per heavy atom. The Labute approximate surface area is 230 Å². The summed E-state index contributed by atoms with van der Waals surface area (Å²) >= 11 is 0. The second kappa shape index (κ2) is 11.7. The van der Waals surface area contributed by atoms with Crippen LogP contribution >= 0.6 is 0 Å². The number of rotatable bonds is 7. The average Bonchev–Trinajstić information content (AvgIpc) is 3.35. The number of carbonyl (C=O) groups excluding carboxylic acids is 2. The average molecular weight is 533 g/mol. The fourth-order valence-electron chi connectivity index (χ4n) is 5.90. The van der Waals surface area contributed by atoms with Gasteiger partial charge in [0.1, 0.15) is 11.5 Å². The van der Waals surface area contributed by atoms with Gasteiger partial charge in [-0.3, -0.25) is 9.59 Å². The number of piperazine rings is 2. The summed E-state index contributed by atoms with van der Waals surface area (Å²) in [5.41, 5.74) is 3.00. The highest BCUT2D eigenvalue weighted by Gasteiger charge is 2.31. The molecule has 10 heteroatoms. The lowest BCUT2D eigenvalue weighted by Gasteiger charge is -2.44. The predicted octanol–water partition coefficient (Wildman–Crippen LogP) is 2.44. The van der Waals surface area contributed by atoms with Crippen molar-refractivity contribution in [3.05, 3.63) is 42.2 Å².